The summed E-state index contributed by atoms with van der Waals surface area (Å²) < 4.78 is 0.596. The minimum atomic E-state index is -0.508. The lowest BCUT2D eigenvalue weighted by Crippen LogP contribution is -2.40. The summed E-state index contributed by atoms with van der Waals surface area (Å²) in [5, 5.41) is 14.2. The number of nitro groups is 1. The Kier molecular flexibility index (Phi) is 5.30. The van der Waals surface area contributed by atoms with Crippen LogP contribution < -0.4 is 5.32 Å². The fourth-order valence-electron chi connectivity index (χ4n) is 2.64. The van der Waals surface area contributed by atoms with E-state index in [1.54, 1.807) is 11.0 Å². The minimum Gasteiger partial charge on any atom is -0.338 e. The molecule has 2 rings (SSSR count). The lowest BCUT2D eigenvalue weighted by molar-refractivity contribution is -0.385. The summed E-state index contributed by atoms with van der Waals surface area (Å²) in [7, 11) is 1.92. The largest absolute Gasteiger partial charge is 0.338 e. The van der Waals surface area contributed by atoms with Crippen molar-refractivity contribution in [2.45, 2.75) is 12.8 Å². The molecule has 1 fully saturated rings. The first kappa shape index (κ1) is 15.9. The fourth-order valence-corrected chi connectivity index (χ4v) is 2.98. The number of carbonyl (C=O) groups excluding carboxylic acids is 1. The van der Waals surface area contributed by atoms with Gasteiger partial charge in [0.25, 0.3) is 11.6 Å². The number of piperidine rings is 1. The van der Waals surface area contributed by atoms with Gasteiger partial charge in [0, 0.05) is 23.6 Å². The predicted octanol–water partition coefficient (Wildman–Crippen LogP) is 2.43. The minimum absolute atomic E-state index is 0.147. The van der Waals surface area contributed by atoms with Crippen molar-refractivity contribution in [3.05, 3.63) is 38.3 Å². The molecule has 0 aliphatic carbocycles. The highest BCUT2D eigenvalue weighted by Crippen LogP contribution is 2.26. The van der Waals surface area contributed by atoms with Crippen LogP contribution in [0, 0.1) is 16.0 Å². The Hall–Kier alpha value is -1.47. The topological polar surface area (TPSA) is 75.5 Å². The number of nitro benzene ring substituents is 1. The van der Waals surface area contributed by atoms with E-state index in [9.17, 15) is 14.9 Å². The van der Waals surface area contributed by atoms with E-state index in [0.717, 1.165) is 19.4 Å². The van der Waals surface area contributed by atoms with Gasteiger partial charge in [0.05, 0.1) is 4.92 Å². The van der Waals surface area contributed by atoms with Crippen molar-refractivity contribution >= 4 is 27.5 Å². The van der Waals surface area contributed by atoms with E-state index in [2.05, 4.69) is 21.2 Å². The van der Waals surface area contributed by atoms with Crippen molar-refractivity contribution in [2.75, 3.05) is 26.7 Å². The maximum Gasteiger partial charge on any atom is 0.283 e. The summed E-state index contributed by atoms with van der Waals surface area (Å²) in [5.41, 5.74) is 0.0157. The van der Waals surface area contributed by atoms with Crippen molar-refractivity contribution in [3.8, 4) is 0 Å². The molecule has 1 aliphatic heterocycles. The molecule has 1 saturated heterocycles. The number of likely N-dealkylation sites (tertiary alicyclic amines) is 1. The molecule has 0 unspecified atom stereocenters. The van der Waals surface area contributed by atoms with Crippen LogP contribution in [0.5, 0.6) is 0 Å². The van der Waals surface area contributed by atoms with Crippen molar-refractivity contribution in [3.63, 3.8) is 0 Å². The first-order valence-electron chi connectivity index (χ1n) is 6.90. The number of hydrogen-bond acceptors (Lipinski definition) is 4. The summed E-state index contributed by atoms with van der Waals surface area (Å²) >= 11 is 3.20. The van der Waals surface area contributed by atoms with Crippen molar-refractivity contribution in [1.82, 2.24) is 10.2 Å². The van der Waals surface area contributed by atoms with Crippen molar-refractivity contribution < 1.29 is 9.72 Å². The predicted molar refractivity (Wildman–Crippen MR) is 83.4 cm³/mol. The summed E-state index contributed by atoms with van der Waals surface area (Å²) in [6, 6.07) is 4.55. The number of benzene rings is 1. The smallest absolute Gasteiger partial charge is 0.283 e. The molecule has 1 N–H and O–H groups in total. The van der Waals surface area contributed by atoms with Gasteiger partial charge in [0.1, 0.15) is 5.56 Å². The highest BCUT2D eigenvalue weighted by molar-refractivity contribution is 9.10. The van der Waals surface area contributed by atoms with Gasteiger partial charge in [0.15, 0.2) is 0 Å². The molecule has 1 heterocycles. The van der Waals surface area contributed by atoms with Gasteiger partial charge in [-0.3, -0.25) is 14.9 Å². The van der Waals surface area contributed by atoms with Crippen molar-refractivity contribution in [2.24, 2.45) is 5.92 Å². The third kappa shape index (κ3) is 3.79. The van der Waals surface area contributed by atoms with E-state index >= 15 is 0 Å². The third-order valence-corrected chi connectivity index (χ3v) is 4.27. The molecule has 1 aliphatic rings. The summed E-state index contributed by atoms with van der Waals surface area (Å²) in [6.07, 6.45) is 1.85. The molecule has 0 radical (unpaired) electrons. The van der Waals surface area contributed by atoms with Crippen LogP contribution in [0.2, 0.25) is 0 Å². The van der Waals surface area contributed by atoms with Crippen LogP contribution in [0.25, 0.3) is 0 Å². The molecule has 0 spiro atoms. The van der Waals surface area contributed by atoms with E-state index in [0.29, 0.717) is 23.5 Å². The van der Waals surface area contributed by atoms with Gasteiger partial charge < -0.3 is 10.2 Å². The molecular weight excluding hydrogens is 338 g/mol. The number of halogens is 1. The SMILES string of the molecule is CNCC1CCN(C(=O)c2ccc(Br)cc2[N+](=O)[O-])CC1. The first-order valence-corrected chi connectivity index (χ1v) is 7.70. The van der Waals surface area contributed by atoms with E-state index in [4.69, 9.17) is 0 Å². The van der Waals surface area contributed by atoms with E-state index in [1.807, 2.05) is 7.05 Å². The monoisotopic (exact) mass is 355 g/mol. The maximum atomic E-state index is 12.5. The van der Waals surface area contributed by atoms with Gasteiger partial charge in [-0.25, -0.2) is 0 Å². The molecule has 0 aromatic heterocycles. The molecule has 6 nitrogen and oxygen atoms in total. The summed E-state index contributed by atoms with van der Waals surface area (Å²) in [6.45, 7) is 2.25. The Balaban J connectivity index is 2.13. The van der Waals surface area contributed by atoms with Gasteiger partial charge in [-0.1, -0.05) is 15.9 Å². The number of rotatable bonds is 4. The average molecular weight is 356 g/mol. The Bertz CT molecular complexity index is 542. The summed E-state index contributed by atoms with van der Waals surface area (Å²) in [5.74, 6) is 0.316. The van der Waals surface area contributed by atoms with E-state index < -0.39 is 4.92 Å². The standard InChI is InChI=1S/C14H18BrN3O3/c1-16-9-10-4-6-17(7-5-10)14(19)12-3-2-11(15)8-13(12)18(20)21/h2-3,8,10,16H,4-7,9H2,1H3. The van der Waals surface area contributed by atoms with Crippen molar-refractivity contribution in [1.29, 1.82) is 0 Å². The zero-order chi connectivity index (χ0) is 15.4. The molecular formula is C14H18BrN3O3. The van der Waals surface area contributed by atoms with Crippen LogP contribution in [-0.2, 0) is 0 Å². The quantitative estimate of drug-likeness (QED) is 0.664. The number of hydrogen-bond donors (Lipinski definition) is 1. The number of nitrogens with one attached hydrogen (secondary N) is 1. The van der Waals surface area contributed by atoms with Gasteiger partial charge in [-0.2, -0.15) is 0 Å². The normalized spacial score (nSPS) is 16.0. The average Bonchev–Trinajstić information content (AvgIpc) is 2.47. The molecule has 7 heteroatoms. The highest BCUT2D eigenvalue weighted by atomic mass is 79.9. The van der Waals surface area contributed by atoms with E-state index in [-0.39, 0.29) is 17.2 Å². The number of carbonyl (C=O) groups is 1. The zero-order valence-corrected chi connectivity index (χ0v) is 13.4. The maximum absolute atomic E-state index is 12.5. The first-order chi connectivity index (χ1) is 10.0. The molecule has 1 aromatic rings. The Morgan fingerprint density at radius 3 is 2.71 bits per heavy atom. The van der Waals surface area contributed by atoms with Gasteiger partial charge >= 0.3 is 0 Å². The van der Waals surface area contributed by atoms with Crippen LogP contribution >= 0.6 is 15.9 Å². The second-order valence-corrected chi connectivity index (χ2v) is 6.13. The van der Waals surface area contributed by atoms with E-state index in [1.165, 1.54) is 12.1 Å². The number of nitrogens with zero attached hydrogens (tertiary/aromatic N) is 2. The molecule has 21 heavy (non-hydrogen) atoms. The van der Waals surface area contributed by atoms with Gasteiger partial charge in [-0.05, 0) is 44.5 Å². The van der Waals surface area contributed by atoms with Crippen LogP contribution in [0.3, 0.4) is 0 Å². The summed E-state index contributed by atoms with van der Waals surface area (Å²) in [4.78, 5) is 24.8. The molecule has 114 valence electrons. The van der Waals surface area contributed by atoms with Crippen LogP contribution in [0.15, 0.2) is 22.7 Å². The number of amides is 1. The Morgan fingerprint density at radius 2 is 2.14 bits per heavy atom. The van der Waals surface area contributed by atoms with Gasteiger partial charge in [-0.15, -0.1) is 0 Å². The molecule has 1 amide bonds. The van der Waals surface area contributed by atoms with Crippen LogP contribution in [-0.4, -0.2) is 42.4 Å². The fraction of sp³-hybridized carbons (Fsp3) is 0.500. The molecule has 0 atom stereocenters. The van der Waals surface area contributed by atoms with Gasteiger partial charge in [0.2, 0.25) is 0 Å². The Morgan fingerprint density at radius 1 is 1.48 bits per heavy atom. The van der Waals surface area contributed by atoms with Crippen LogP contribution in [0.1, 0.15) is 23.2 Å². The second-order valence-electron chi connectivity index (χ2n) is 5.21. The zero-order valence-electron chi connectivity index (χ0n) is 11.8. The molecule has 0 saturated carbocycles. The highest BCUT2D eigenvalue weighted by Gasteiger charge is 2.28. The molecule has 1 aromatic carbocycles. The lowest BCUT2D eigenvalue weighted by atomic mass is 9.96. The second kappa shape index (κ2) is 7.00. The Labute approximate surface area is 131 Å². The third-order valence-electron chi connectivity index (χ3n) is 3.78. The lowest BCUT2D eigenvalue weighted by Gasteiger charge is -2.31. The molecule has 0 bridgehead atoms. The van der Waals surface area contributed by atoms with Crippen LogP contribution in [0.4, 0.5) is 5.69 Å².